The molecule has 0 aliphatic carbocycles. The van der Waals surface area contributed by atoms with Gasteiger partial charge in [-0.2, -0.15) is 0 Å². The molecule has 2 aliphatic heterocycles. The standard InChI is InChI=1S/C32H40F3N5O5S/c1-20-17-40(27(44-20)25-13-6-7-15-37-25)18-21-10-8-14-24(26(21)36)38-29(42)46-39-31(5,19-43-28(41)30(2,3)4)22-11-9-12-23(16-22)45-32(33,34)35/h8-12,14,16-17,37,39H,6-7,13,15,18-19,36H2,1-5H3,(H,38,42)/b27-25-. The van der Waals surface area contributed by atoms with Gasteiger partial charge in [0.1, 0.15) is 18.1 Å². The number of carbonyl (C=O) groups excluding carboxylic acids is 2. The highest BCUT2D eigenvalue weighted by molar-refractivity contribution is 8.12. The Kier molecular flexibility index (Phi) is 10.7. The minimum absolute atomic E-state index is 0.284. The van der Waals surface area contributed by atoms with E-state index in [0.29, 0.717) is 35.4 Å². The molecule has 46 heavy (non-hydrogen) atoms. The van der Waals surface area contributed by atoms with Gasteiger partial charge in [-0.05, 0) is 83.2 Å². The molecule has 10 nitrogen and oxygen atoms in total. The summed E-state index contributed by atoms with van der Waals surface area (Å²) >= 11 is 0.653. The third-order valence-corrected chi connectivity index (χ3v) is 8.10. The number of rotatable bonds is 9. The van der Waals surface area contributed by atoms with E-state index in [1.54, 1.807) is 45.9 Å². The molecule has 250 valence electrons. The summed E-state index contributed by atoms with van der Waals surface area (Å²) in [5.41, 5.74) is 7.23. The highest BCUT2D eigenvalue weighted by Gasteiger charge is 2.35. The van der Waals surface area contributed by atoms with Crippen LogP contribution in [0.25, 0.3) is 0 Å². The van der Waals surface area contributed by atoms with Gasteiger partial charge >= 0.3 is 12.3 Å². The molecular formula is C32H40F3N5O5S. The highest BCUT2D eigenvalue weighted by Crippen LogP contribution is 2.34. The number of alkyl halides is 3. The molecule has 0 saturated carbocycles. The van der Waals surface area contributed by atoms with Crippen molar-refractivity contribution in [2.24, 2.45) is 5.41 Å². The molecule has 1 unspecified atom stereocenters. The largest absolute Gasteiger partial charge is 0.573 e. The van der Waals surface area contributed by atoms with Gasteiger partial charge in [-0.15, -0.1) is 13.2 Å². The first-order valence-electron chi connectivity index (χ1n) is 14.8. The van der Waals surface area contributed by atoms with Gasteiger partial charge in [-0.3, -0.25) is 9.59 Å². The van der Waals surface area contributed by atoms with E-state index in [4.69, 9.17) is 15.2 Å². The summed E-state index contributed by atoms with van der Waals surface area (Å²) in [4.78, 5) is 27.7. The van der Waals surface area contributed by atoms with Crippen LogP contribution in [0, 0.1) is 5.41 Å². The van der Waals surface area contributed by atoms with Crippen LogP contribution in [0.4, 0.5) is 29.3 Å². The zero-order chi connectivity index (χ0) is 33.7. The lowest BCUT2D eigenvalue weighted by Crippen LogP contribution is -2.42. The Hall–Kier alpha value is -4.04. The Labute approximate surface area is 271 Å². The zero-order valence-electron chi connectivity index (χ0n) is 26.5. The number of piperidine rings is 1. The number of amides is 1. The average Bonchev–Trinajstić information content (AvgIpc) is 3.36. The second-order valence-corrected chi connectivity index (χ2v) is 13.1. The molecule has 0 spiro atoms. The molecule has 1 atom stereocenters. The SMILES string of the molecule is CC1=CN(Cc2cccc(NC(=O)SNC(C)(COC(=O)C(C)(C)C)c3cccc(OC(F)(F)F)c3)c2N)/C(=C2\CCCCN2)O1. The van der Waals surface area contributed by atoms with Crippen LogP contribution in [-0.4, -0.2) is 35.6 Å². The van der Waals surface area contributed by atoms with E-state index in [-0.39, 0.29) is 6.61 Å². The van der Waals surface area contributed by atoms with Crippen molar-refractivity contribution in [3.8, 4) is 5.75 Å². The van der Waals surface area contributed by atoms with Crippen LogP contribution >= 0.6 is 11.9 Å². The monoisotopic (exact) mass is 663 g/mol. The maximum absolute atomic E-state index is 13.1. The summed E-state index contributed by atoms with van der Waals surface area (Å²) in [6.07, 6.45) is 0.0708. The lowest BCUT2D eigenvalue weighted by Gasteiger charge is -2.31. The van der Waals surface area contributed by atoms with Crippen molar-refractivity contribution < 1.29 is 37.0 Å². The fourth-order valence-electron chi connectivity index (χ4n) is 4.78. The molecule has 2 aromatic carbocycles. The Morgan fingerprint density at radius 2 is 1.85 bits per heavy atom. The Morgan fingerprint density at radius 1 is 1.11 bits per heavy atom. The fraction of sp³-hybridized carbons (Fsp3) is 0.438. The quantitative estimate of drug-likeness (QED) is 0.126. The summed E-state index contributed by atoms with van der Waals surface area (Å²) in [6, 6.07) is 10.6. The molecule has 1 saturated heterocycles. The molecule has 0 bridgehead atoms. The molecule has 14 heteroatoms. The van der Waals surface area contributed by atoms with E-state index >= 15 is 0 Å². The van der Waals surface area contributed by atoms with Crippen LogP contribution in [0.15, 0.2) is 66.0 Å². The van der Waals surface area contributed by atoms with Crippen LogP contribution in [0.2, 0.25) is 0 Å². The molecule has 0 aromatic heterocycles. The van der Waals surface area contributed by atoms with Gasteiger partial charge in [-0.1, -0.05) is 24.3 Å². The number of esters is 1. The maximum Gasteiger partial charge on any atom is 0.573 e. The third-order valence-electron chi connectivity index (χ3n) is 7.26. The molecule has 4 rings (SSSR count). The van der Waals surface area contributed by atoms with Gasteiger partial charge in [0.15, 0.2) is 0 Å². The first-order valence-corrected chi connectivity index (χ1v) is 15.6. The number of halogens is 3. The van der Waals surface area contributed by atoms with Crippen molar-refractivity contribution in [3.63, 3.8) is 0 Å². The summed E-state index contributed by atoms with van der Waals surface area (Å²) < 4.78 is 57.3. The number of nitrogen functional groups attached to an aromatic ring is 1. The first kappa shape index (κ1) is 34.8. The predicted octanol–water partition coefficient (Wildman–Crippen LogP) is 7.08. The number of nitrogens with zero attached hydrogens (tertiary/aromatic N) is 1. The maximum atomic E-state index is 13.1. The highest BCUT2D eigenvalue weighted by atomic mass is 32.2. The fourth-order valence-corrected chi connectivity index (χ4v) is 5.43. The van der Waals surface area contributed by atoms with E-state index in [2.05, 4.69) is 20.1 Å². The molecule has 0 radical (unpaired) electrons. The van der Waals surface area contributed by atoms with Crippen molar-refractivity contribution in [2.45, 2.75) is 72.3 Å². The zero-order valence-corrected chi connectivity index (χ0v) is 27.3. The van der Waals surface area contributed by atoms with Gasteiger partial charge in [0.05, 0.1) is 34.6 Å². The lowest BCUT2D eigenvalue weighted by molar-refractivity contribution is -0.274. The smallest absolute Gasteiger partial charge is 0.463 e. The van der Waals surface area contributed by atoms with Crippen LogP contribution in [0.3, 0.4) is 0 Å². The van der Waals surface area contributed by atoms with Crippen molar-refractivity contribution in [2.75, 3.05) is 24.2 Å². The molecule has 1 fully saturated rings. The Bertz CT molecular complexity index is 1500. The topological polar surface area (TPSA) is 127 Å². The summed E-state index contributed by atoms with van der Waals surface area (Å²) in [7, 11) is 0. The van der Waals surface area contributed by atoms with Gasteiger partial charge in [0.2, 0.25) is 5.88 Å². The van der Waals surface area contributed by atoms with Gasteiger partial charge in [-0.25, -0.2) is 4.72 Å². The van der Waals surface area contributed by atoms with Gasteiger partial charge < -0.3 is 35.5 Å². The minimum Gasteiger partial charge on any atom is -0.463 e. The van der Waals surface area contributed by atoms with E-state index < -0.39 is 34.3 Å². The van der Waals surface area contributed by atoms with Crippen LogP contribution in [-0.2, 0) is 26.4 Å². The van der Waals surface area contributed by atoms with Crippen molar-refractivity contribution in [3.05, 3.63) is 77.1 Å². The number of anilines is 2. The second kappa shape index (κ2) is 14.2. The van der Waals surface area contributed by atoms with Crippen molar-refractivity contribution in [1.29, 1.82) is 0 Å². The number of para-hydroxylation sites is 1. The average molecular weight is 664 g/mol. The number of allylic oxidation sites excluding steroid dienone is 2. The number of carbonyl (C=O) groups is 2. The summed E-state index contributed by atoms with van der Waals surface area (Å²) in [6.45, 7) is 9.53. The van der Waals surface area contributed by atoms with E-state index in [9.17, 15) is 22.8 Å². The molecule has 5 N–H and O–H groups in total. The number of benzene rings is 2. The number of nitrogens with one attached hydrogen (secondary N) is 3. The number of ether oxygens (including phenoxy) is 3. The van der Waals surface area contributed by atoms with Gasteiger partial charge in [0, 0.05) is 24.7 Å². The molecule has 2 aromatic rings. The number of hydrogen-bond acceptors (Lipinski definition) is 10. The van der Waals surface area contributed by atoms with E-state index in [0.717, 1.165) is 54.8 Å². The van der Waals surface area contributed by atoms with Crippen molar-refractivity contribution in [1.82, 2.24) is 14.9 Å². The van der Waals surface area contributed by atoms with Crippen LogP contribution < -0.4 is 25.8 Å². The lowest BCUT2D eigenvalue weighted by atomic mass is 9.93. The molecular weight excluding hydrogens is 623 g/mol. The van der Waals surface area contributed by atoms with E-state index in [1.807, 2.05) is 24.1 Å². The molecule has 1 amide bonds. The van der Waals surface area contributed by atoms with Crippen LogP contribution in [0.1, 0.15) is 65.0 Å². The molecule has 2 aliphatic rings. The third kappa shape index (κ3) is 9.25. The van der Waals surface area contributed by atoms with E-state index in [1.165, 1.54) is 12.1 Å². The number of hydrogen-bond donors (Lipinski definition) is 4. The normalized spacial score (nSPS) is 18.2. The van der Waals surface area contributed by atoms with Crippen LogP contribution in [0.5, 0.6) is 5.75 Å². The predicted molar refractivity (Wildman–Crippen MR) is 171 cm³/mol. The first-order chi connectivity index (χ1) is 21.5. The Balaban J connectivity index is 1.48. The summed E-state index contributed by atoms with van der Waals surface area (Å²) in [5.74, 6) is 0.522. The van der Waals surface area contributed by atoms with Gasteiger partial charge in [0.25, 0.3) is 5.24 Å². The molecule has 2 heterocycles. The number of nitrogens with two attached hydrogens (primary N) is 1. The minimum atomic E-state index is -4.90. The Morgan fingerprint density at radius 3 is 2.52 bits per heavy atom. The van der Waals surface area contributed by atoms with Crippen molar-refractivity contribution >= 4 is 34.5 Å². The second-order valence-electron chi connectivity index (χ2n) is 12.4. The summed E-state index contributed by atoms with van der Waals surface area (Å²) in [5, 5.41) is 5.65.